The van der Waals surface area contributed by atoms with Gasteiger partial charge in [0.15, 0.2) is 5.13 Å². The monoisotopic (exact) mass is 437 g/mol. The number of carbonyl (C=O) groups is 3. The molecule has 136 valence electrons. The Bertz CT molecular complexity index is 851. The van der Waals surface area contributed by atoms with Crippen molar-refractivity contribution in [2.75, 3.05) is 19.0 Å². The summed E-state index contributed by atoms with van der Waals surface area (Å²) in [7, 11) is 1.60. The smallest absolute Gasteiger partial charge is 0.229 e. The number of hydrogen-bond acceptors (Lipinski definition) is 6. The van der Waals surface area contributed by atoms with E-state index in [9.17, 15) is 14.4 Å². The molecule has 1 N–H and O–H groups in total. The molecule has 0 aliphatic carbocycles. The normalized spacial score (nSPS) is 14.0. The van der Waals surface area contributed by atoms with E-state index in [1.807, 2.05) is 23.6 Å². The van der Waals surface area contributed by atoms with Gasteiger partial charge in [0.1, 0.15) is 5.75 Å². The van der Waals surface area contributed by atoms with Crippen LogP contribution in [0.25, 0.3) is 11.3 Å². The molecule has 1 aliphatic rings. The molecule has 1 aromatic heterocycles. The lowest BCUT2D eigenvalue weighted by Gasteiger charge is -2.12. The summed E-state index contributed by atoms with van der Waals surface area (Å²) in [5.74, 6) is 0.00617. The molecule has 0 radical (unpaired) electrons. The molecule has 3 rings (SSSR count). The second-order valence-corrected chi connectivity index (χ2v) is 7.34. The summed E-state index contributed by atoms with van der Waals surface area (Å²) < 4.78 is 6.02. The van der Waals surface area contributed by atoms with Crippen LogP contribution in [0.15, 0.2) is 28.1 Å². The maximum absolute atomic E-state index is 12.0. The minimum atomic E-state index is -0.283. The predicted octanol–water partition coefficient (Wildman–Crippen LogP) is 3.06. The van der Waals surface area contributed by atoms with E-state index in [0.717, 1.165) is 26.4 Å². The molecule has 0 spiro atoms. The van der Waals surface area contributed by atoms with Crippen LogP contribution in [-0.4, -0.2) is 41.3 Å². The summed E-state index contributed by atoms with van der Waals surface area (Å²) in [5.41, 5.74) is 1.63. The minimum absolute atomic E-state index is 0.0560. The highest BCUT2D eigenvalue weighted by Crippen LogP contribution is 2.32. The van der Waals surface area contributed by atoms with Gasteiger partial charge in [-0.3, -0.25) is 19.3 Å². The molecule has 0 unspecified atom stereocenters. The van der Waals surface area contributed by atoms with E-state index in [1.165, 1.54) is 11.3 Å². The van der Waals surface area contributed by atoms with E-state index >= 15 is 0 Å². The average Bonchev–Trinajstić information content (AvgIpc) is 3.20. The third kappa shape index (κ3) is 4.10. The standard InChI is InChI=1S/C17H16BrN3O4S/c1-25-13-3-2-10(8-11(13)18)12-9-26-17(19-12)20-14(22)6-7-21-15(23)4-5-16(21)24/h2-3,8-9H,4-7H2,1H3,(H,19,20,22). The molecule has 9 heteroatoms. The van der Waals surface area contributed by atoms with E-state index in [4.69, 9.17) is 4.74 Å². The lowest BCUT2D eigenvalue weighted by molar-refractivity contribution is -0.138. The van der Waals surface area contributed by atoms with Gasteiger partial charge in [0, 0.05) is 36.8 Å². The fourth-order valence-electron chi connectivity index (χ4n) is 2.56. The zero-order valence-corrected chi connectivity index (χ0v) is 16.4. The highest BCUT2D eigenvalue weighted by atomic mass is 79.9. The van der Waals surface area contributed by atoms with Gasteiger partial charge in [0.2, 0.25) is 17.7 Å². The van der Waals surface area contributed by atoms with Gasteiger partial charge in [-0.2, -0.15) is 0 Å². The first-order chi connectivity index (χ1) is 12.5. The van der Waals surface area contributed by atoms with Gasteiger partial charge >= 0.3 is 0 Å². The summed E-state index contributed by atoms with van der Waals surface area (Å²) in [6.07, 6.45) is 0.516. The van der Waals surface area contributed by atoms with Crippen LogP contribution < -0.4 is 10.1 Å². The van der Waals surface area contributed by atoms with Crippen molar-refractivity contribution in [1.82, 2.24) is 9.88 Å². The number of anilines is 1. The minimum Gasteiger partial charge on any atom is -0.496 e. The Morgan fingerprint density at radius 2 is 2.08 bits per heavy atom. The van der Waals surface area contributed by atoms with Gasteiger partial charge in [0.05, 0.1) is 17.3 Å². The van der Waals surface area contributed by atoms with E-state index < -0.39 is 0 Å². The first kappa shape index (κ1) is 18.5. The Labute approximate surface area is 162 Å². The number of thiazole rings is 1. The third-order valence-electron chi connectivity index (χ3n) is 3.92. The number of ether oxygens (including phenoxy) is 1. The van der Waals surface area contributed by atoms with Gasteiger partial charge in [-0.1, -0.05) is 0 Å². The molecule has 0 atom stereocenters. The Hall–Kier alpha value is -2.26. The molecule has 26 heavy (non-hydrogen) atoms. The molecule has 2 heterocycles. The quantitative estimate of drug-likeness (QED) is 0.701. The van der Waals surface area contributed by atoms with Crippen molar-refractivity contribution < 1.29 is 19.1 Å². The molecule has 1 aliphatic heterocycles. The number of halogens is 1. The highest BCUT2D eigenvalue weighted by molar-refractivity contribution is 9.10. The molecule has 0 bridgehead atoms. The second-order valence-electron chi connectivity index (χ2n) is 5.62. The van der Waals surface area contributed by atoms with Gasteiger partial charge in [-0.05, 0) is 34.1 Å². The van der Waals surface area contributed by atoms with Crippen molar-refractivity contribution in [3.8, 4) is 17.0 Å². The molecule has 0 saturated carbocycles. The van der Waals surface area contributed by atoms with Crippen molar-refractivity contribution in [3.63, 3.8) is 0 Å². The number of imide groups is 1. The highest BCUT2D eigenvalue weighted by Gasteiger charge is 2.28. The molecule has 1 fully saturated rings. The van der Waals surface area contributed by atoms with Crippen molar-refractivity contribution in [2.24, 2.45) is 0 Å². The Kier molecular flexibility index (Phi) is 5.67. The summed E-state index contributed by atoms with van der Waals surface area (Å²) in [6, 6.07) is 5.61. The second kappa shape index (κ2) is 7.96. The molecule has 7 nitrogen and oxygen atoms in total. The number of aromatic nitrogens is 1. The van der Waals surface area contributed by atoms with E-state index in [0.29, 0.717) is 5.13 Å². The van der Waals surface area contributed by atoms with Crippen LogP contribution in [0, 0.1) is 0 Å². The lowest BCUT2D eigenvalue weighted by atomic mass is 10.2. The SMILES string of the molecule is COc1ccc(-c2csc(NC(=O)CCN3C(=O)CCC3=O)n2)cc1Br. The topological polar surface area (TPSA) is 88.6 Å². The molecule has 1 saturated heterocycles. The Morgan fingerprint density at radius 1 is 1.35 bits per heavy atom. The molecular formula is C17H16BrN3O4S. The van der Waals surface area contributed by atoms with Gasteiger partial charge < -0.3 is 10.1 Å². The van der Waals surface area contributed by atoms with Crippen molar-refractivity contribution in [3.05, 3.63) is 28.1 Å². The fraction of sp³-hybridized carbons (Fsp3) is 0.294. The average molecular weight is 438 g/mol. The van der Waals surface area contributed by atoms with E-state index in [-0.39, 0.29) is 43.5 Å². The van der Waals surface area contributed by atoms with Crippen LogP contribution in [0.4, 0.5) is 5.13 Å². The number of nitrogens with one attached hydrogen (secondary N) is 1. The number of amides is 3. The summed E-state index contributed by atoms with van der Waals surface area (Å²) >= 11 is 4.75. The maximum Gasteiger partial charge on any atom is 0.229 e. The summed E-state index contributed by atoms with van der Waals surface area (Å²) in [6.45, 7) is 0.104. The largest absolute Gasteiger partial charge is 0.496 e. The lowest BCUT2D eigenvalue weighted by Crippen LogP contribution is -2.32. The zero-order chi connectivity index (χ0) is 18.7. The Morgan fingerprint density at radius 3 is 2.73 bits per heavy atom. The number of rotatable bonds is 6. The first-order valence-electron chi connectivity index (χ1n) is 7.90. The van der Waals surface area contributed by atoms with Crippen LogP contribution in [0.1, 0.15) is 19.3 Å². The zero-order valence-electron chi connectivity index (χ0n) is 14.0. The summed E-state index contributed by atoms with van der Waals surface area (Å²) in [4.78, 5) is 40.7. The van der Waals surface area contributed by atoms with Gasteiger partial charge in [0.25, 0.3) is 0 Å². The van der Waals surface area contributed by atoms with Crippen LogP contribution in [0.2, 0.25) is 0 Å². The van der Waals surface area contributed by atoms with Crippen LogP contribution in [0.5, 0.6) is 5.75 Å². The first-order valence-corrected chi connectivity index (χ1v) is 9.57. The van der Waals surface area contributed by atoms with Crippen LogP contribution in [-0.2, 0) is 14.4 Å². The number of nitrogens with zero attached hydrogens (tertiary/aromatic N) is 2. The van der Waals surface area contributed by atoms with Crippen LogP contribution >= 0.6 is 27.3 Å². The van der Waals surface area contributed by atoms with Crippen molar-refractivity contribution in [1.29, 1.82) is 0 Å². The molecule has 1 aromatic carbocycles. The maximum atomic E-state index is 12.0. The number of carbonyl (C=O) groups excluding carboxylic acids is 3. The predicted molar refractivity (Wildman–Crippen MR) is 101 cm³/mol. The molecule has 3 amide bonds. The Balaban J connectivity index is 1.59. The molecular weight excluding hydrogens is 422 g/mol. The van der Waals surface area contributed by atoms with Gasteiger partial charge in [-0.25, -0.2) is 4.98 Å². The van der Waals surface area contributed by atoms with Gasteiger partial charge in [-0.15, -0.1) is 11.3 Å². The van der Waals surface area contributed by atoms with Crippen LogP contribution in [0.3, 0.4) is 0 Å². The number of benzene rings is 1. The number of likely N-dealkylation sites (tertiary alicyclic amines) is 1. The van der Waals surface area contributed by atoms with Crippen molar-refractivity contribution >= 4 is 50.1 Å². The van der Waals surface area contributed by atoms with E-state index in [2.05, 4.69) is 26.2 Å². The number of methoxy groups -OCH3 is 1. The third-order valence-corrected chi connectivity index (χ3v) is 5.29. The molecule has 2 aromatic rings. The van der Waals surface area contributed by atoms with E-state index in [1.54, 1.807) is 7.11 Å². The summed E-state index contributed by atoms with van der Waals surface area (Å²) in [5, 5.41) is 5.02. The number of hydrogen-bond donors (Lipinski definition) is 1. The fourth-order valence-corrected chi connectivity index (χ4v) is 3.83. The van der Waals surface area contributed by atoms with Crippen molar-refractivity contribution in [2.45, 2.75) is 19.3 Å².